The van der Waals surface area contributed by atoms with Crippen LogP contribution in [0.1, 0.15) is 60.3 Å². The van der Waals surface area contributed by atoms with Crippen molar-refractivity contribution in [2.75, 3.05) is 0 Å². The van der Waals surface area contributed by atoms with Gasteiger partial charge >= 0.3 is 11.9 Å². The summed E-state index contributed by atoms with van der Waals surface area (Å²) in [6, 6.07) is 0. The highest BCUT2D eigenvalue weighted by Crippen LogP contribution is 2.56. The van der Waals surface area contributed by atoms with E-state index in [2.05, 4.69) is 6.92 Å². The Kier molecular flexibility index (Phi) is 4.88. The number of aliphatic carboxylic acids is 2. The van der Waals surface area contributed by atoms with E-state index in [0.717, 1.165) is 19.3 Å². The van der Waals surface area contributed by atoms with Crippen LogP contribution in [0.15, 0.2) is 0 Å². The largest absolute Gasteiger partial charge is 0.481 e. The van der Waals surface area contributed by atoms with Crippen LogP contribution in [-0.4, -0.2) is 22.2 Å². The van der Waals surface area contributed by atoms with E-state index in [0.29, 0.717) is 12.3 Å². The summed E-state index contributed by atoms with van der Waals surface area (Å²) in [6.07, 6.45) is 3.20. The van der Waals surface area contributed by atoms with Crippen molar-refractivity contribution in [3.8, 4) is 0 Å². The van der Waals surface area contributed by atoms with Gasteiger partial charge in [0.25, 0.3) is 0 Å². The summed E-state index contributed by atoms with van der Waals surface area (Å²) in [5.41, 5.74) is -0.620. The van der Waals surface area contributed by atoms with Crippen molar-refractivity contribution in [3.05, 3.63) is 0 Å². The number of hydrogen-bond donors (Lipinski definition) is 2. The molecule has 20 heavy (non-hydrogen) atoms. The van der Waals surface area contributed by atoms with Gasteiger partial charge in [-0.05, 0) is 42.4 Å². The summed E-state index contributed by atoms with van der Waals surface area (Å²) < 4.78 is 0. The van der Waals surface area contributed by atoms with Crippen molar-refractivity contribution in [2.45, 2.75) is 60.3 Å². The van der Waals surface area contributed by atoms with Gasteiger partial charge < -0.3 is 10.2 Å². The molecule has 0 radical (unpaired) electrons. The van der Waals surface area contributed by atoms with E-state index in [1.165, 1.54) is 0 Å². The smallest absolute Gasteiger partial charge is 0.306 e. The van der Waals surface area contributed by atoms with E-state index in [9.17, 15) is 19.8 Å². The van der Waals surface area contributed by atoms with Gasteiger partial charge in [-0.2, -0.15) is 0 Å². The summed E-state index contributed by atoms with van der Waals surface area (Å²) >= 11 is 0. The van der Waals surface area contributed by atoms with E-state index in [1.807, 2.05) is 13.8 Å². The zero-order valence-corrected chi connectivity index (χ0v) is 13.3. The van der Waals surface area contributed by atoms with E-state index in [4.69, 9.17) is 0 Å². The average molecular weight is 284 g/mol. The van der Waals surface area contributed by atoms with Gasteiger partial charge in [-0.1, -0.05) is 34.6 Å². The van der Waals surface area contributed by atoms with E-state index in [1.54, 1.807) is 13.8 Å². The molecule has 4 heteroatoms. The van der Waals surface area contributed by atoms with E-state index in [-0.39, 0.29) is 10.8 Å². The standard InChI is InChI=1S/C16H28O4/c1-6-16(12(4)14(19)20)8-10(2)7-15(5,9-16)11(3)13(17)18/h10-12H,6-9H2,1-5H3,(H,17,18)(H,19,20). The fraction of sp³-hybridized carbons (Fsp3) is 0.875. The SMILES string of the molecule is CCC1(C(C)C(=O)O)CC(C)CC(C)(C(C)C(=O)O)C1. The van der Waals surface area contributed by atoms with Gasteiger partial charge in [0.1, 0.15) is 0 Å². The Labute approximate surface area is 121 Å². The molecule has 0 bridgehead atoms. The highest BCUT2D eigenvalue weighted by atomic mass is 16.4. The van der Waals surface area contributed by atoms with Crippen LogP contribution in [0.4, 0.5) is 0 Å². The molecule has 5 unspecified atom stereocenters. The van der Waals surface area contributed by atoms with Gasteiger partial charge in [-0.25, -0.2) is 0 Å². The Balaban J connectivity index is 3.16. The Morgan fingerprint density at radius 3 is 2.05 bits per heavy atom. The fourth-order valence-corrected chi connectivity index (χ4v) is 4.31. The first kappa shape index (κ1) is 17.0. The molecule has 116 valence electrons. The lowest BCUT2D eigenvalue weighted by Gasteiger charge is -2.52. The monoisotopic (exact) mass is 284 g/mol. The van der Waals surface area contributed by atoms with Gasteiger partial charge in [0.05, 0.1) is 11.8 Å². The molecule has 0 amide bonds. The van der Waals surface area contributed by atoms with E-state index >= 15 is 0 Å². The minimum absolute atomic E-state index is 0.290. The number of carbonyl (C=O) groups is 2. The molecule has 2 N–H and O–H groups in total. The van der Waals surface area contributed by atoms with Gasteiger partial charge in [-0.3, -0.25) is 9.59 Å². The molecule has 0 aromatic carbocycles. The predicted molar refractivity (Wildman–Crippen MR) is 77.4 cm³/mol. The van der Waals surface area contributed by atoms with Crippen molar-refractivity contribution >= 4 is 11.9 Å². The number of carboxylic acids is 2. The van der Waals surface area contributed by atoms with Crippen molar-refractivity contribution < 1.29 is 19.8 Å². The lowest BCUT2D eigenvalue weighted by molar-refractivity contribution is -0.155. The second-order valence-corrected chi connectivity index (χ2v) is 7.18. The minimum Gasteiger partial charge on any atom is -0.481 e. The molecule has 4 nitrogen and oxygen atoms in total. The van der Waals surface area contributed by atoms with Crippen molar-refractivity contribution in [1.29, 1.82) is 0 Å². The highest BCUT2D eigenvalue weighted by molar-refractivity contribution is 5.71. The Bertz CT molecular complexity index is 392. The second kappa shape index (κ2) is 5.74. The number of rotatable bonds is 5. The van der Waals surface area contributed by atoms with Crippen LogP contribution >= 0.6 is 0 Å². The van der Waals surface area contributed by atoms with Gasteiger partial charge in [0.2, 0.25) is 0 Å². The Hall–Kier alpha value is -1.06. The first-order valence-electron chi connectivity index (χ1n) is 7.53. The zero-order chi connectivity index (χ0) is 15.7. The van der Waals surface area contributed by atoms with Crippen LogP contribution in [0.2, 0.25) is 0 Å². The van der Waals surface area contributed by atoms with Crippen LogP contribution in [0.5, 0.6) is 0 Å². The van der Waals surface area contributed by atoms with E-state index < -0.39 is 23.8 Å². The highest BCUT2D eigenvalue weighted by Gasteiger charge is 2.51. The van der Waals surface area contributed by atoms with Crippen LogP contribution < -0.4 is 0 Å². The predicted octanol–water partition coefficient (Wildman–Crippen LogP) is 3.65. The minimum atomic E-state index is -0.783. The molecule has 0 saturated heterocycles. The van der Waals surface area contributed by atoms with Crippen LogP contribution in [-0.2, 0) is 9.59 Å². The lowest BCUT2D eigenvalue weighted by Crippen LogP contribution is -2.47. The van der Waals surface area contributed by atoms with Gasteiger partial charge in [-0.15, -0.1) is 0 Å². The maximum Gasteiger partial charge on any atom is 0.306 e. The summed E-state index contributed by atoms with van der Waals surface area (Å²) in [5.74, 6) is -2.08. The normalized spacial score (nSPS) is 37.1. The molecule has 0 heterocycles. The fourth-order valence-electron chi connectivity index (χ4n) is 4.31. The molecule has 5 atom stereocenters. The van der Waals surface area contributed by atoms with Gasteiger partial charge in [0, 0.05) is 0 Å². The quantitative estimate of drug-likeness (QED) is 0.808. The van der Waals surface area contributed by atoms with Gasteiger partial charge in [0.15, 0.2) is 0 Å². The Morgan fingerprint density at radius 2 is 1.65 bits per heavy atom. The molecule has 1 aliphatic rings. The van der Waals surface area contributed by atoms with Crippen LogP contribution in [0.25, 0.3) is 0 Å². The zero-order valence-electron chi connectivity index (χ0n) is 13.3. The number of hydrogen-bond acceptors (Lipinski definition) is 2. The van der Waals surface area contributed by atoms with Crippen molar-refractivity contribution in [2.24, 2.45) is 28.6 Å². The molecule has 1 aliphatic carbocycles. The molecular weight excluding hydrogens is 256 g/mol. The summed E-state index contributed by atoms with van der Waals surface area (Å²) in [7, 11) is 0. The molecule has 0 aromatic rings. The van der Waals surface area contributed by atoms with Crippen molar-refractivity contribution in [3.63, 3.8) is 0 Å². The molecule has 0 aromatic heterocycles. The maximum absolute atomic E-state index is 11.5. The molecule has 1 fully saturated rings. The second-order valence-electron chi connectivity index (χ2n) is 7.18. The van der Waals surface area contributed by atoms with Crippen molar-refractivity contribution in [1.82, 2.24) is 0 Å². The molecule has 0 spiro atoms. The topological polar surface area (TPSA) is 74.6 Å². The summed E-state index contributed by atoms with van der Waals surface area (Å²) in [6.45, 7) is 9.69. The third kappa shape index (κ3) is 2.99. The third-order valence-electron chi connectivity index (χ3n) is 5.73. The van der Waals surface area contributed by atoms with Crippen LogP contribution in [0, 0.1) is 28.6 Å². The first-order chi connectivity index (χ1) is 9.08. The summed E-state index contributed by atoms with van der Waals surface area (Å²) in [5, 5.41) is 18.8. The lowest BCUT2D eigenvalue weighted by atomic mass is 9.52. The molecule has 0 aliphatic heterocycles. The third-order valence-corrected chi connectivity index (χ3v) is 5.73. The molecular formula is C16H28O4. The summed E-state index contributed by atoms with van der Waals surface area (Å²) in [4.78, 5) is 22.9. The Morgan fingerprint density at radius 1 is 1.15 bits per heavy atom. The number of carboxylic acid groups (broad SMARTS) is 2. The molecule has 1 rings (SSSR count). The first-order valence-corrected chi connectivity index (χ1v) is 7.53. The average Bonchev–Trinajstić information content (AvgIpc) is 2.35. The maximum atomic E-state index is 11.5. The van der Waals surface area contributed by atoms with Crippen LogP contribution in [0.3, 0.4) is 0 Å². The molecule has 1 saturated carbocycles.